The Morgan fingerprint density at radius 1 is 0.434 bits per heavy atom. The van der Waals surface area contributed by atoms with Gasteiger partial charge in [0.25, 0.3) is 11.8 Å². The van der Waals surface area contributed by atoms with Gasteiger partial charge in [-0.2, -0.15) is 0 Å². The van der Waals surface area contributed by atoms with E-state index in [1.54, 1.807) is 9.80 Å². The molecule has 2 atom stereocenters. The van der Waals surface area contributed by atoms with Crippen molar-refractivity contribution in [1.29, 1.82) is 0 Å². The van der Waals surface area contributed by atoms with Gasteiger partial charge in [0, 0.05) is 166 Å². The molecule has 106 heavy (non-hydrogen) atoms. The molecule has 0 saturated carbocycles. The number of para-hydroxylation sites is 2. The summed E-state index contributed by atoms with van der Waals surface area (Å²) in [5.41, 5.74) is 8.40. The molecule has 8 aliphatic rings. The fraction of sp³-hybridized carbons (Fsp3) is 0.600. The smallest absolute Gasteiger partial charge is 0.410 e. The van der Waals surface area contributed by atoms with Gasteiger partial charge in [-0.1, -0.05) is 74.5 Å². The fourth-order valence-electron chi connectivity index (χ4n) is 16.5. The molecule has 4 aromatic carbocycles. The van der Waals surface area contributed by atoms with E-state index in [9.17, 15) is 48.6 Å². The molecule has 8 heterocycles. The van der Waals surface area contributed by atoms with Crippen LogP contribution in [0.3, 0.4) is 0 Å². The zero-order chi connectivity index (χ0) is 75.0. The van der Waals surface area contributed by atoms with Gasteiger partial charge in [-0.3, -0.25) is 38.8 Å². The van der Waals surface area contributed by atoms with Crippen LogP contribution >= 0.6 is 0 Å². The summed E-state index contributed by atoms with van der Waals surface area (Å²) in [4.78, 5) is 126. The lowest BCUT2D eigenvalue weighted by molar-refractivity contribution is -0.146. The first-order valence-electron chi connectivity index (χ1n) is 38.8. The maximum Gasteiger partial charge on any atom is 0.410 e. The molecule has 8 aliphatic heterocycles. The number of esters is 2. The molecule has 4 N–H and O–H groups in total. The molecule has 4 aromatic rings. The van der Waals surface area contributed by atoms with Gasteiger partial charge < -0.3 is 69.2 Å². The molecule has 6 fully saturated rings. The van der Waals surface area contributed by atoms with E-state index in [1.807, 2.05) is 134 Å². The summed E-state index contributed by atoms with van der Waals surface area (Å²) in [6, 6.07) is 23.6. The van der Waals surface area contributed by atoms with Crippen molar-refractivity contribution in [2.45, 2.75) is 168 Å². The normalized spacial score (nSPS) is 20.0. The number of benzene rings is 4. The molecule has 0 bridgehead atoms. The lowest BCUT2D eigenvalue weighted by Gasteiger charge is -2.43. The number of carbonyl (C=O) groups is 8. The number of hydrogen-bond donors (Lipinski definition) is 4. The van der Waals surface area contributed by atoms with E-state index in [1.165, 1.54) is 0 Å². The molecule has 0 radical (unpaired) electrons. The molecule has 26 heteroatoms. The van der Waals surface area contributed by atoms with E-state index < -0.39 is 24.4 Å². The Morgan fingerprint density at radius 3 is 1.09 bits per heavy atom. The van der Waals surface area contributed by atoms with Crippen LogP contribution in [0.15, 0.2) is 72.8 Å². The van der Waals surface area contributed by atoms with Crippen LogP contribution < -0.4 is 10.6 Å². The Morgan fingerprint density at radius 2 is 0.755 bits per heavy atom. The van der Waals surface area contributed by atoms with E-state index in [0.717, 1.165) is 137 Å². The van der Waals surface area contributed by atoms with Crippen LogP contribution in [-0.4, -0.2) is 288 Å². The van der Waals surface area contributed by atoms with Crippen LogP contribution in [0.1, 0.15) is 123 Å². The van der Waals surface area contributed by atoms with Crippen molar-refractivity contribution in [3.8, 4) is 11.5 Å². The number of fused-ring (bicyclic) bond motifs is 2. The molecule has 0 aromatic heterocycles. The molecule has 8 amide bonds. The molecule has 0 aliphatic carbocycles. The average molecular weight is 1470 g/mol. The number of phenols is 2. The highest BCUT2D eigenvalue weighted by Gasteiger charge is 2.40. The van der Waals surface area contributed by atoms with Crippen LogP contribution in [0.2, 0.25) is 0 Å². The van der Waals surface area contributed by atoms with Crippen LogP contribution in [0.4, 0.5) is 30.6 Å². The van der Waals surface area contributed by atoms with Crippen molar-refractivity contribution in [1.82, 2.24) is 49.0 Å². The Hall–Kier alpha value is -8.72. The number of hydrogen-bond acceptors (Lipinski definition) is 18. The van der Waals surface area contributed by atoms with Crippen molar-refractivity contribution in [2.24, 2.45) is 0 Å². The number of aromatic hydroxyl groups is 2. The van der Waals surface area contributed by atoms with Gasteiger partial charge in [0.05, 0.1) is 26.3 Å². The Labute approximate surface area is 624 Å². The molecule has 6 saturated heterocycles. The minimum absolute atomic E-state index is 0.000290. The number of phenolic OH excluding ortho intramolecular Hbond substituents is 2. The van der Waals surface area contributed by atoms with E-state index in [0.29, 0.717) is 152 Å². The van der Waals surface area contributed by atoms with Crippen molar-refractivity contribution in [2.75, 3.05) is 155 Å². The van der Waals surface area contributed by atoms with E-state index >= 15 is 0 Å². The lowest BCUT2D eigenvalue weighted by Crippen LogP contribution is -2.55. The quantitative estimate of drug-likeness (QED) is 0.0478. The maximum atomic E-state index is 14.1. The molecule has 26 nitrogen and oxygen atoms in total. The van der Waals surface area contributed by atoms with Crippen molar-refractivity contribution < 1.29 is 67.5 Å². The number of nitrogens with one attached hydrogen (secondary N) is 2. The molecule has 12 rings (SSSR count). The second-order valence-electron chi connectivity index (χ2n) is 30.0. The number of likely N-dealkylation sites (tertiary alicyclic amines) is 4. The highest BCUT2D eigenvalue weighted by molar-refractivity contribution is 5.92. The minimum Gasteiger partial charge on any atom is -0.507 e. The number of aryl methyl sites for hydroxylation is 4. The number of amides is 8. The number of rotatable bonds is 20. The van der Waals surface area contributed by atoms with Gasteiger partial charge in [-0.05, 0) is 161 Å². The topological polar surface area (TPSA) is 270 Å². The zero-order valence-corrected chi connectivity index (χ0v) is 63.1. The van der Waals surface area contributed by atoms with Gasteiger partial charge >= 0.3 is 36.2 Å². The number of anilines is 2. The summed E-state index contributed by atoms with van der Waals surface area (Å²) in [6.45, 7) is 24.7. The number of ether oxygens (including phenoxy) is 4. The highest BCUT2D eigenvalue weighted by atomic mass is 16.6. The monoisotopic (exact) mass is 1460 g/mol. The predicted molar refractivity (Wildman–Crippen MR) is 402 cm³/mol. The first-order valence-corrected chi connectivity index (χ1v) is 38.8. The standard InChI is InChI=1S/2C40H56N6O7/c2*1-4-23-52-36(47)27-42-19-21-43(22-20-42)32-10-14-44(15-11-32)38(49)35(26-30-24-28(2)37(48)29(3)25-30)53-40(51)45-16-12-33(13-17-45)46-18-9-31-7-5-6-8-34(31)41-39(46)50/h2*5-8,24-25,32-33,35,48H,4,9-23,26-27H2,1-3H3,(H,41,50)/t2*35-/m11/s1. The summed E-state index contributed by atoms with van der Waals surface area (Å²) in [5, 5.41) is 26.9. The Balaban J connectivity index is 0.000000212. The maximum absolute atomic E-state index is 14.1. The molecule has 0 unspecified atom stereocenters. The van der Waals surface area contributed by atoms with Crippen LogP contribution in [0.5, 0.6) is 11.5 Å². The summed E-state index contributed by atoms with van der Waals surface area (Å²) in [6.07, 6.45) is 6.32. The zero-order valence-electron chi connectivity index (χ0n) is 63.1. The minimum atomic E-state index is -1.01. The highest BCUT2D eigenvalue weighted by Crippen LogP contribution is 2.32. The molecule has 0 spiro atoms. The first-order chi connectivity index (χ1) is 51.2. The van der Waals surface area contributed by atoms with Crippen LogP contribution in [0.25, 0.3) is 0 Å². The third kappa shape index (κ3) is 20.5. The third-order valence-corrected chi connectivity index (χ3v) is 22.6. The predicted octanol–water partition coefficient (Wildman–Crippen LogP) is 8.35. The SMILES string of the molecule is CCCOC(=O)CN1CCN(C2CCN(C(=O)[C@@H](Cc3cc(C)c(O)c(C)c3)OC(=O)N3CCC(N4CCc5ccccc5NC4=O)CC3)CC2)CC1.CCCOC(=O)CN1CCN(C2CCN(C(=O)[C@@H](Cc3cc(C)c(O)c(C)c3)OC(=O)N3CCC(N4CCc5ccccc5NC4=O)CC3)CC2)CC1. The van der Waals surface area contributed by atoms with Crippen molar-refractivity contribution >= 4 is 59.4 Å². The second-order valence-corrected chi connectivity index (χ2v) is 30.0. The average Bonchev–Trinajstić information content (AvgIpc) is 1.02. The first kappa shape index (κ1) is 78.4. The lowest BCUT2D eigenvalue weighted by atomic mass is 9.98. The summed E-state index contributed by atoms with van der Waals surface area (Å²) < 4.78 is 22.7. The van der Waals surface area contributed by atoms with Gasteiger partial charge in [-0.15, -0.1) is 0 Å². The Kier molecular flexibility index (Phi) is 27.5. The van der Waals surface area contributed by atoms with Crippen LogP contribution in [0, 0.1) is 27.7 Å². The molecular weight excluding hydrogens is 1350 g/mol. The van der Waals surface area contributed by atoms with E-state index in [4.69, 9.17) is 18.9 Å². The largest absolute Gasteiger partial charge is 0.507 e. The molecular formula is C80H112N12O14. The number of urea groups is 2. The number of carbonyl (C=O) groups excluding carboxylic acids is 8. The molecule has 576 valence electrons. The second kappa shape index (κ2) is 37.2. The van der Waals surface area contributed by atoms with Crippen LogP contribution in [-0.2, 0) is 63.8 Å². The van der Waals surface area contributed by atoms with Gasteiger partial charge in [0.1, 0.15) is 11.5 Å². The van der Waals surface area contributed by atoms with E-state index in [-0.39, 0.29) is 72.2 Å². The number of nitrogens with zero attached hydrogens (tertiary/aromatic N) is 10. The van der Waals surface area contributed by atoms with Crippen molar-refractivity contribution in [3.63, 3.8) is 0 Å². The van der Waals surface area contributed by atoms with E-state index in [2.05, 4.69) is 30.2 Å². The Bertz CT molecular complexity index is 3420. The third-order valence-electron chi connectivity index (χ3n) is 22.6. The summed E-state index contributed by atoms with van der Waals surface area (Å²) in [5.74, 6) is -0.302. The number of piperidine rings is 4. The fourth-order valence-corrected chi connectivity index (χ4v) is 16.5. The van der Waals surface area contributed by atoms with Crippen molar-refractivity contribution in [3.05, 3.63) is 117 Å². The summed E-state index contributed by atoms with van der Waals surface area (Å²) in [7, 11) is 0. The van der Waals surface area contributed by atoms with Gasteiger partial charge in [-0.25, -0.2) is 19.2 Å². The summed E-state index contributed by atoms with van der Waals surface area (Å²) >= 11 is 0. The number of piperazine rings is 2. The van der Waals surface area contributed by atoms with Gasteiger partial charge in [0.15, 0.2) is 12.2 Å². The van der Waals surface area contributed by atoms with Gasteiger partial charge in [0.2, 0.25) is 0 Å².